The normalized spacial score (nSPS) is 21.1. The zero-order valence-electron chi connectivity index (χ0n) is 17.5. The summed E-state index contributed by atoms with van der Waals surface area (Å²) in [5.74, 6) is 2.73. The van der Waals surface area contributed by atoms with Crippen LogP contribution in [0.1, 0.15) is 30.5 Å². The van der Waals surface area contributed by atoms with Crippen molar-refractivity contribution in [3.8, 4) is 5.75 Å². The summed E-state index contributed by atoms with van der Waals surface area (Å²) in [6.07, 6.45) is 3.02. The summed E-state index contributed by atoms with van der Waals surface area (Å²) in [5.41, 5.74) is 2.35. The van der Waals surface area contributed by atoms with Gasteiger partial charge in [-0.05, 0) is 30.7 Å². The molecular weight excluding hydrogens is 493 g/mol. The quantitative estimate of drug-likeness (QED) is 0.365. The average molecular weight is 523 g/mol. The highest BCUT2D eigenvalue weighted by Gasteiger charge is 2.22. The number of aliphatic imine (C=N–C) groups is 1. The van der Waals surface area contributed by atoms with Gasteiger partial charge in [-0.3, -0.25) is 4.99 Å². The minimum absolute atomic E-state index is 0. The highest BCUT2D eigenvalue weighted by molar-refractivity contribution is 14.0. The Balaban J connectivity index is 0.00000256. The molecular formula is C22H30IN5O2. The number of rotatable bonds is 4. The number of pyridine rings is 1. The maximum Gasteiger partial charge on any atom is 0.191 e. The maximum atomic E-state index is 5.76. The zero-order valence-corrected chi connectivity index (χ0v) is 19.8. The van der Waals surface area contributed by atoms with Crippen LogP contribution in [0.15, 0.2) is 47.6 Å². The van der Waals surface area contributed by atoms with Crippen LogP contribution in [0.4, 0.5) is 5.82 Å². The lowest BCUT2D eigenvalue weighted by Gasteiger charge is -2.32. The number of halogens is 1. The van der Waals surface area contributed by atoms with Crippen molar-refractivity contribution in [2.45, 2.75) is 32.0 Å². The molecule has 1 fully saturated rings. The molecule has 2 atom stereocenters. The number of benzene rings is 1. The molecule has 2 aromatic rings. The van der Waals surface area contributed by atoms with Crippen LogP contribution < -0.4 is 20.3 Å². The predicted octanol–water partition coefficient (Wildman–Crippen LogP) is 3.11. The van der Waals surface area contributed by atoms with Crippen LogP contribution >= 0.6 is 24.0 Å². The molecule has 2 unspecified atom stereocenters. The second-order valence-electron chi connectivity index (χ2n) is 7.45. The highest BCUT2D eigenvalue weighted by atomic mass is 127. The van der Waals surface area contributed by atoms with Crippen LogP contribution in [0.2, 0.25) is 0 Å². The Kier molecular flexibility index (Phi) is 8.15. The van der Waals surface area contributed by atoms with E-state index in [4.69, 9.17) is 9.47 Å². The van der Waals surface area contributed by atoms with Gasteiger partial charge in [0.25, 0.3) is 0 Å². The molecule has 162 valence electrons. The van der Waals surface area contributed by atoms with E-state index in [9.17, 15) is 0 Å². The SMILES string of the molecule is CN=C(NCc1ccnc(N2CCOC(C)C2)c1)NC1CCOc2ccccc21.I. The summed E-state index contributed by atoms with van der Waals surface area (Å²) < 4.78 is 11.4. The number of hydrogen-bond donors (Lipinski definition) is 2. The number of nitrogens with one attached hydrogen (secondary N) is 2. The van der Waals surface area contributed by atoms with E-state index >= 15 is 0 Å². The molecule has 0 amide bonds. The lowest BCUT2D eigenvalue weighted by molar-refractivity contribution is 0.0529. The molecule has 0 radical (unpaired) electrons. The Bertz CT molecular complexity index is 863. The van der Waals surface area contributed by atoms with Gasteiger partial charge in [-0.15, -0.1) is 24.0 Å². The Morgan fingerprint density at radius 2 is 2.13 bits per heavy atom. The first-order valence-electron chi connectivity index (χ1n) is 10.2. The van der Waals surface area contributed by atoms with E-state index in [1.54, 1.807) is 7.05 Å². The summed E-state index contributed by atoms with van der Waals surface area (Å²) in [4.78, 5) is 11.2. The molecule has 3 heterocycles. The topological polar surface area (TPSA) is 71.0 Å². The van der Waals surface area contributed by atoms with Crippen LogP contribution in [0, 0.1) is 0 Å². The van der Waals surface area contributed by atoms with Crippen molar-refractivity contribution in [2.75, 3.05) is 38.3 Å². The van der Waals surface area contributed by atoms with Crippen molar-refractivity contribution in [3.63, 3.8) is 0 Å². The number of aromatic nitrogens is 1. The first kappa shape index (κ1) is 22.6. The lowest BCUT2D eigenvalue weighted by Crippen LogP contribution is -2.42. The molecule has 2 N–H and O–H groups in total. The third-order valence-corrected chi connectivity index (χ3v) is 5.33. The summed E-state index contributed by atoms with van der Waals surface area (Å²) in [6.45, 7) is 5.98. The number of guanidine groups is 1. The van der Waals surface area contributed by atoms with Gasteiger partial charge in [-0.1, -0.05) is 18.2 Å². The van der Waals surface area contributed by atoms with E-state index in [0.29, 0.717) is 13.2 Å². The Hall–Kier alpha value is -2.07. The summed E-state index contributed by atoms with van der Waals surface area (Å²) in [6, 6.07) is 12.5. The zero-order chi connectivity index (χ0) is 20.1. The fraction of sp³-hybridized carbons (Fsp3) is 0.455. The Morgan fingerprint density at radius 3 is 2.97 bits per heavy atom. The van der Waals surface area contributed by atoms with E-state index in [-0.39, 0.29) is 36.1 Å². The van der Waals surface area contributed by atoms with Crippen LogP contribution in [-0.4, -0.2) is 50.4 Å². The molecule has 0 aliphatic carbocycles. The number of morpholine rings is 1. The number of hydrogen-bond acceptors (Lipinski definition) is 5. The maximum absolute atomic E-state index is 5.76. The number of fused-ring (bicyclic) bond motifs is 1. The van der Waals surface area contributed by atoms with Crippen LogP contribution in [0.25, 0.3) is 0 Å². The second-order valence-corrected chi connectivity index (χ2v) is 7.45. The van der Waals surface area contributed by atoms with Crippen molar-refractivity contribution in [2.24, 2.45) is 4.99 Å². The molecule has 2 aliphatic rings. The average Bonchev–Trinajstić information content (AvgIpc) is 2.77. The minimum Gasteiger partial charge on any atom is -0.493 e. The molecule has 2 aliphatic heterocycles. The number of para-hydroxylation sites is 1. The third-order valence-electron chi connectivity index (χ3n) is 5.33. The molecule has 0 bridgehead atoms. The standard InChI is InChI=1S/C22H29N5O2.HI/c1-16-15-27(10-12-28-16)21-13-17(7-9-24-21)14-25-22(23-2)26-19-8-11-29-20-6-4-3-5-18(19)20;/h3-7,9,13,16,19H,8,10-12,14-15H2,1-2H3,(H2,23,25,26);1H. The highest BCUT2D eigenvalue weighted by Crippen LogP contribution is 2.31. The van der Waals surface area contributed by atoms with Crippen molar-refractivity contribution in [1.29, 1.82) is 0 Å². The van der Waals surface area contributed by atoms with Gasteiger partial charge < -0.3 is 25.0 Å². The van der Waals surface area contributed by atoms with E-state index in [2.05, 4.69) is 44.6 Å². The Labute approximate surface area is 195 Å². The number of ether oxygens (including phenoxy) is 2. The smallest absolute Gasteiger partial charge is 0.191 e. The van der Waals surface area contributed by atoms with Crippen LogP contribution in [0.5, 0.6) is 5.75 Å². The minimum atomic E-state index is 0. The second kappa shape index (κ2) is 10.8. The first-order valence-corrected chi connectivity index (χ1v) is 10.2. The predicted molar refractivity (Wildman–Crippen MR) is 130 cm³/mol. The van der Waals surface area contributed by atoms with Gasteiger partial charge in [0.1, 0.15) is 11.6 Å². The lowest BCUT2D eigenvalue weighted by atomic mass is 10.0. The van der Waals surface area contributed by atoms with Gasteiger partial charge >= 0.3 is 0 Å². The van der Waals surface area contributed by atoms with Gasteiger partial charge in [0.05, 0.1) is 25.4 Å². The number of anilines is 1. The first-order chi connectivity index (χ1) is 14.2. The van der Waals surface area contributed by atoms with E-state index in [1.807, 2.05) is 30.5 Å². The molecule has 8 heteroatoms. The van der Waals surface area contributed by atoms with Crippen molar-refractivity contribution in [3.05, 3.63) is 53.7 Å². The van der Waals surface area contributed by atoms with E-state index < -0.39 is 0 Å². The molecule has 0 saturated carbocycles. The summed E-state index contributed by atoms with van der Waals surface area (Å²) >= 11 is 0. The monoisotopic (exact) mass is 523 g/mol. The molecule has 0 spiro atoms. The van der Waals surface area contributed by atoms with Gasteiger partial charge in [0.2, 0.25) is 0 Å². The fourth-order valence-electron chi connectivity index (χ4n) is 3.81. The molecule has 1 saturated heterocycles. The Morgan fingerprint density at radius 1 is 1.27 bits per heavy atom. The summed E-state index contributed by atoms with van der Waals surface area (Å²) in [5, 5.41) is 6.96. The van der Waals surface area contributed by atoms with Crippen molar-refractivity contribution < 1.29 is 9.47 Å². The van der Waals surface area contributed by atoms with Crippen molar-refractivity contribution in [1.82, 2.24) is 15.6 Å². The fourth-order valence-corrected chi connectivity index (χ4v) is 3.81. The molecule has 7 nitrogen and oxygen atoms in total. The molecule has 30 heavy (non-hydrogen) atoms. The molecule has 1 aromatic heterocycles. The van der Waals surface area contributed by atoms with Gasteiger partial charge in [0.15, 0.2) is 5.96 Å². The van der Waals surface area contributed by atoms with E-state index in [1.165, 1.54) is 11.1 Å². The largest absolute Gasteiger partial charge is 0.493 e. The van der Waals surface area contributed by atoms with Gasteiger partial charge in [-0.2, -0.15) is 0 Å². The van der Waals surface area contributed by atoms with Gasteiger partial charge in [0, 0.05) is 44.9 Å². The van der Waals surface area contributed by atoms with Crippen molar-refractivity contribution >= 4 is 35.8 Å². The molecule has 1 aromatic carbocycles. The van der Waals surface area contributed by atoms with E-state index in [0.717, 1.165) is 43.6 Å². The molecule has 4 rings (SSSR count). The summed E-state index contributed by atoms with van der Waals surface area (Å²) in [7, 11) is 1.80. The number of nitrogens with zero attached hydrogens (tertiary/aromatic N) is 3. The van der Waals surface area contributed by atoms with Crippen LogP contribution in [-0.2, 0) is 11.3 Å². The van der Waals surface area contributed by atoms with Gasteiger partial charge in [-0.25, -0.2) is 4.98 Å². The van der Waals surface area contributed by atoms with Crippen LogP contribution in [0.3, 0.4) is 0 Å². The third kappa shape index (κ3) is 5.54.